The number of aryl methyl sites for hydroxylation is 2. The van der Waals surface area contributed by atoms with Crippen molar-refractivity contribution >= 4 is 34.1 Å². The topological polar surface area (TPSA) is 30.7 Å². The Kier molecular flexibility index (Phi) is 4.00. The third-order valence-electron chi connectivity index (χ3n) is 3.64. The lowest BCUT2D eigenvalue weighted by Crippen LogP contribution is -2.07. The molecule has 3 aromatic heterocycles. The Hall–Kier alpha value is -1.39. The fraction of sp³-hybridized carbons (Fsp3) is 0.375. The fourth-order valence-corrected chi connectivity index (χ4v) is 3.67. The van der Waals surface area contributed by atoms with Crippen molar-refractivity contribution in [3.63, 3.8) is 0 Å². The number of thiophene rings is 1. The van der Waals surface area contributed by atoms with Crippen molar-refractivity contribution < 1.29 is 0 Å². The number of aromatic nitrogens is 3. The van der Waals surface area contributed by atoms with Crippen LogP contribution in [0, 0.1) is 6.92 Å². The Bertz CT molecular complexity index is 773. The molecule has 0 saturated carbocycles. The predicted molar refractivity (Wildman–Crippen MR) is 89.3 cm³/mol. The Labute approximate surface area is 133 Å². The molecule has 0 aliphatic rings. The smallest absolute Gasteiger partial charge is 0.160 e. The number of halogens is 1. The van der Waals surface area contributed by atoms with Gasteiger partial charge in [0.25, 0.3) is 0 Å². The second-order valence-corrected chi connectivity index (χ2v) is 6.85. The van der Waals surface area contributed by atoms with Gasteiger partial charge in [-0.05, 0) is 49.4 Å². The van der Waals surface area contributed by atoms with E-state index in [2.05, 4.69) is 32.9 Å². The number of rotatable bonds is 4. The van der Waals surface area contributed by atoms with Crippen LogP contribution in [0.4, 0.5) is 0 Å². The molecule has 0 bridgehead atoms. The molecule has 0 aromatic carbocycles. The van der Waals surface area contributed by atoms with Crippen LogP contribution in [-0.4, -0.2) is 14.5 Å². The van der Waals surface area contributed by atoms with Gasteiger partial charge in [-0.15, -0.1) is 22.9 Å². The third-order valence-corrected chi connectivity index (χ3v) is 4.78. The van der Waals surface area contributed by atoms with E-state index < -0.39 is 0 Å². The highest BCUT2D eigenvalue weighted by Gasteiger charge is 2.17. The normalized spacial score (nSPS) is 13.0. The zero-order chi connectivity index (χ0) is 15.0. The molecule has 0 fully saturated rings. The highest BCUT2D eigenvalue weighted by atomic mass is 35.5. The van der Waals surface area contributed by atoms with Gasteiger partial charge in [0, 0.05) is 10.6 Å². The summed E-state index contributed by atoms with van der Waals surface area (Å²) in [6.45, 7) is 6.94. The minimum Gasteiger partial charge on any atom is -0.306 e. The van der Waals surface area contributed by atoms with E-state index in [-0.39, 0.29) is 5.38 Å². The van der Waals surface area contributed by atoms with Crippen LogP contribution in [0.5, 0.6) is 0 Å². The summed E-state index contributed by atoms with van der Waals surface area (Å²) in [7, 11) is 0. The lowest BCUT2D eigenvalue weighted by atomic mass is 10.2. The van der Waals surface area contributed by atoms with Gasteiger partial charge < -0.3 is 4.57 Å². The minimum atomic E-state index is -0.135. The van der Waals surface area contributed by atoms with Crippen LogP contribution in [0.1, 0.15) is 41.2 Å². The maximum atomic E-state index is 6.33. The Morgan fingerprint density at radius 3 is 2.81 bits per heavy atom. The van der Waals surface area contributed by atoms with Crippen molar-refractivity contribution in [3.05, 3.63) is 45.5 Å². The molecule has 0 spiro atoms. The summed E-state index contributed by atoms with van der Waals surface area (Å²) < 4.78 is 2.16. The minimum absolute atomic E-state index is 0.135. The van der Waals surface area contributed by atoms with Crippen LogP contribution in [-0.2, 0) is 13.0 Å². The quantitative estimate of drug-likeness (QED) is 0.652. The van der Waals surface area contributed by atoms with E-state index in [1.807, 2.05) is 26.0 Å². The van der Waals surface area contributed by atoms with Gasteiger partial charge in [-0.3, -0.25) is 0 Å². The molecule has 0 saturated heterocycles. The number of pyridine rings is 1. The average molecular weight is 320 g/mol. The van der Waals surface area contributed by atoms with Gasteiger partial charge >= 0.3 is 0 Å². The zero-order valence-corrected chi connectivity index (χ0v) is 14.0. The molecule has 3 aromatic rings. The van der Waals surface area contributed by atoms with E-state index >= 15 is 0 Å². The molecule has 0 radical (unpaired) electrons. The highest BCUT2D eigenvalue weighted by Crippen LogP contribution is 2.27. The first-order chi connectivity index (χ1) is 10.1. The number of alkyl halides is 1. The number of hydrogen-bond acceptors (Lipinski definition) is 3. The van der Waals surface area contributed by atoms with Crippen molar-refractivity contribution in [2.24, 2.45) is 0 Å². The van der Waals surface area contributed by atoms with Crippen molar-refractivity contribution in [3.8, 4) is 0 Å². The molecule has 21 heavy (non-hydrogen) atoms. The van der Waals surface area contributed by atoms with Crippen molar-refractivity contribution in [1.82, 2.24) is 14.5 Å². The number of imidazole rings is 1. The van der Waals surface area contributed by atoms with E-state index in [9.17, 15) is 0 Å². The first-order valence-corrected chi connectivity index (χ1v) is 8.44. The second-order valence-electron chi connectivity index (χ2n) is 5.19. The first-order valence-electron chi connectivity index (χ1n) is 7.13. The third kappa shape index (κ3) is 2.70. The predicted octanol–water partition coefficient (Wildman–Crippen LogP) is 4.71. The highest BCUT2D eigenvalue weighted by molar-refractivity contribution is 7.10. The average Bonchev–Trinajstić information content (AvgIpc) is 3.04. The fourth-order valence-electron chi connectivity index (χ4n) is 2.54. The molecule has 3 nitrogen and oxygen atoms in total. The molecule has 0 amide bonds. The summed E-state index contributed by atoms with van der Waals surface area (Å²) in [5.41, 5.74) is 4.23. The zero-order valence-electron chi connectivity index (χ0n) is 12.4. The largest absolute Gasteiger partial charge is 0.306 e. The molecule has 5 heteroatoms. The van der Waals surface area contributed by atoms with Gasteiger partial charge in [-0.2, -0.15) is 0 Å². The maximum absolute atomic E-state index is 6.33. The van der Waals surface area contributed by atoms with Gasteiger partial charge in [-0.1, -0.05) is 6.92 Å². The molecule has 3 heterocycles. The molecule has 1 atom stereocenters. The molecule has 0 aliphatic heterocycles. The summed E-state index contributed by atoms with van der Waals surface area (Å²) in [5.74, 6) is 0.889. The Balaban J connectivity index is 2.15. The van der Waals surface area contributed by atoms with Crippen LogP contribution in [0.3, 0.4) is 0 Å². The van der Waals surface area contributed by atoms with E-state index in [1.54, 1.807) is 11.3 Å². The van der Waals surface area contributed by atoms with Crippen molar-refractivity contribution in [1.29, 1.82) is 0 Å². The van der Waals surface area contributed by atoms with E-state index in [0.29, 0.717) is 0 Å². The maximum Gasteiger partial charge on any atom is 0.160 e. The summed E-state index contributed by atoms with van der Waals surface area (Å²) in [4.78, 5) is 10.7. The number of fused-ring (bicyclic) bond motifs is 1. The summed E-state index contributed by atoms with van der Waals surface area (Å²) >= 11 is 8.11. The van der Waals surface area contributed by atoms with Gasteiger partial charge in [0.1, 0.15) is 11.3 Å². The standard InChI is InChI=1S/C16H18ClN3S/c1-4-12-7-8-21-14(12)9-20-15(11(3)17)19-13-6-5-10(2)18-16(13)20/h5-8,11H,4,9H2,1-3H3. The summed E-state index contributed by atoms with van der Waals surface area (Å²) in [6, 6.07) is 6.21. The van der Waals surface area contributed by atoms with Crippen LogP contribution < -0.4 is 0 Å². The van der Waals surface area contributed by atoms with Crippen molar-refractivity contribution in [2.75, 3.05) is 0 Å². The number of hydrogen-bond donors (Lipinski definition) is 0. The monoisotopic (exact) mass is 319 g/mol. The van der Waals surface area contributed by atoms with E-state index in [1.165, 1.54) is 10.4 Å². The summed E-state index contributed by atoms with van der Waals surface area (Å²) in [6.07, 6.45) is 1.05. The molecule has 110 valence electrons. The molecule has 0 N–H and O–H groups in total. The Morgan fingerprint density at radius 1 is 1.29 bits per heavy atom. The SMILES string of the molecule is CCc1ccsc1Cn1c(C(C)Cl)nc2ccc(C)nc21. The molecular weight excluding hydrogens is 302 g/mol. The first kappa shape index (κ1) is 14.5. The number of nitrogens with zero attached hydrogens (tertiary/aromatic N) is 3. The Morgan fingerprint density at radius 2 is 2.10 bits per heavy atom. The molecule has 0 aliphatic carbocycles. The van der Waals surface area contributed by atoms with Crippen LogP contribution >= 0.6 is 22.9 Å². The van der Waals surface area contributed by atoms with Gasteiger partial charge in [0.2, 0.25) is 0 Å². The second kappa shape index (κ2) is 5.78. The van der Waals surface area contributed by atoms with Gasteiger partial charge in [-0.25, -0.2) is 9.97 Å². The van der Waals surface area contributed by atoms with E-state index in [0.717, 1.165) is 35.6 Å². The van der Waals surface area contributed by atoms with Crippen molar-refractivity contribution in [2.45, 2.75) is 39.1 Å². The van der Waals surface area contributed by atoms with Crippen LogP contribution in [0.25, 0.3) is 11.2 Å². The lowest BCUT2D eigenvalue weighted by molar-refractivity contribution is 0.738. The van der Waals surface area contributed by atoms with E-state index in [4.69, 9.17) is 11.6 Å². The molecule has 3 rings (SSSR count). The summed E-state index contributed by atoms with van der Waals surface area (Å²) in [5, 5.41) is 2.01. The lowest BCUT2D eigenvalue weighted by Gasteiger charge is -2.10. The molecule has 1 unspecified atom stereocenters. The molecular formula is C16H18ClN3S. The van der Waals surface area contributed by atoms with Gasteiger partial charge in [0.15, 0.2) is 5.65 Å². The van der Waals surface area contributed by atoms with Gasteiger partial charge in [0.05, 0.1) is 11.9 Å². The van der Waals surface area contributed by atoms with Crippen LogP contribution in [0.2, 0.25) is 0 Å². The van der Waals surface area contributed by atoms with Crippen LogP contribution in [0.15, 0.2) is 23.6 Å².